The standard InChI is InChI=1S/C21H23N3O4/c1-2-28-21(27)15-8-16-11-24(12-17(16)9-15)19(26)6-3-13-7-14-4-5-18(25)23-20(14)22-10-13/h3,6-8,10,16-17H,2,4-5,9,11-12H2,1H3,(H,22,23,25). The zero-order valence-electron chi connectivity index (χ0n) is 15.8. The van der Waals surface area contributed by atoms with E-state index >= 15 is 0 Å². The number of amides is 2. The highest BCUT2D eigenvalue weighted by Gasteiger charge is 2.39. The minimum absolute atomic E-state index is 0.0155. The Kier molecular flexibility index (Phi) is 4.98. The Hall–Kier alpha value is -2.96. The summed E-state index contributed by atoms with van der Waals surface area (Å²) in [5.74, 6) is 0.850. The lowest BCUT2D eigenvalue weighted by Crippen LogP contribution is -2.27. The third kappa shape index (κ3) is 3.69. The van der Waals surface area contributed by atoms with Crippen LogP contribution in [-0.4, -0.2) is 47.4 Å². The first kappa shape index (κ1) is 18.4. The largest absolute Gasteiger partial charge is 0.463 e. The van der Waals surface area contributed by atoms with Crippen LogP contribution in [0.5, 0.6) is 0 Å². The molecule has 1 saturated heterocycles. The SMILES string of the molecule is CCOC(=O)C1=CC2CN(C(=O)C=Cc3cnc4c(c3)CCC(=O)N4)CC2C1. The van der Waals surface area contributed by atoms with Gasteiger partial charge in [-0.1, -0.05) is 6.08 Å². The fourth-order valence-corrected chi connectivity index (χ4v) is 4.10. The summed E-state index contributed by atoms with van der Waals surface area (Å²) in [7, 11) is 0. The van der Waals surface area contributed by atoms with Crippen molar-refractivity contribution >= 4 is 29.7 Å². The van der Waals surface area contributed by atoms with E-state index in [9.17, 15) is 14.4 Å². The average Bonchev–Trinajstić information content (AvgIpc) is 3.25. The van der Waals surface area contributed by atoms with Gasteiger partial charge in [0, 0.05) is 43.3 Å². The molecular formula is C21H23N3O4. The lowest BCUT2D eigenvalue weighted by molar-refractivity contribution is -0.138. The molecule has 3 aliphatic rings. The molecule has 2 atom stereocenters. The minimum Gasteiger partial charge on any atom is -0.463 e. The van der Waals surface area contributed by atoms with E-state index in [-0.39, 0.29) is 23.7 Å². The van der Waals surface area contributed by atoms with E-state index < -0.39 is 0 Å². The normalized spacial score (nSPS) is 23.2. The Labute approximate surface area is 163 Å². The molecule has 28 heavy (non-hydrogen) atoms. The van der Waals surface area contributed by atoms with Crippen LogP contribution in [-0.2, 0) is 25.5 Å². The highest BCUT2D eigenvalue weighted by atomic mass is 16.5. The number of nitrogens with zero attached hydrogens (tertiary/aromatic N) is 2. The summed E-state index contributed by atoms with van der Waals surface area (Å²) in [6.45, 7) is 3.47. The first-order chi connectivity index (χ1) is 13.5. The number of aryl methyl sites for hydroxylation is 1. The Morgan fingerprint density at radius 1 is 1.36 bits per heavy atom. The molecule has 3 heterocycles. The number of likely N-dealkylation sites (tertiary alicyclic amines) is 1. The first-order valence-electron chi connectivity index (χ1n) is 9.67. The molecule has 146 valence electrons. The molecule has 0 bridgehead atoms. The van der Waals surface area contributed by atoms with E-state index in [4.69, 9.17) is 4.74 Å². The van der Waals surface area contributed by atoms with Crippen molar-refractivity contribution in [3.63, 3.8) is 0 Å². The number of pyridine rings is 1. The summed E-state index contributed by atoms with van der Waals surface area (Å²) >= 11 is 0. The summed E-state index contributed by atoms with van der Waals surface area (Å²) in [6, 6.07) is 1.96. The van der Waals surface area contributed by atoms with E-state index in [1.165, 1.54) is 0 Å². The van der Waals surface area contributed by atoms with Crippen LogP contribution in [0.3, 0.4) is 0 Å². The van der Waals surface area contributed by atoms with Gasteiger partial charge in [-0.25, -0.2) is 9.78 Å². The number of rotatable bonds is 4. The van der Waals surface area contributed by atoms with E-state index in [0.29, 0.717) is 50.7 Å². The van der Waals surface area contributed by atoms with Crippen molar-refractivity contribution in [2.45, 2.75) is 26.2 Å². The molecule has 4 rings (SSSR count). The summed E-state index contributed by atoms with van der Waals surface area (Å²) in [6.07, 6.45) is 8.76. The highest BCUT2D eigenvalue weighted by molar-refractivity contribution is 5.94. The molecule has 1 aromatic heterocycles. The lowest BCUT2D eigenvalue weighted by Gasteiger charge is -2.16. The third-order valence-electron chi connectivity index (χ3n) is 5.52. The molecule has 0 spiro atoms. The van der Waals surface area contributed by atoms with Gasteiger partial charge in [-0.05, 0) is 49.0 Å². The Morgan fingerprint density at radius 2 is 2.21 bits per heavy atom. The number of ether oxygens (including phenoxy) is 1. The summed E-state index contributed by atoms with van der Waals surface area (Å²) in [5, 5.41) is 2.75. The molecule has 2 aliphatic heterocycles. The number of esters is 1. The fourth-order valence-electron chi connectivity index (χ4n) is 4.10. The summed E-state index contributed by atoms with van der Waals surface area (Å²) < 4.78 is 5.07. The average molecular weight is 381 g/mol. The molecule has 0 aromatic carbocycles. The number of nitrogens with one attached hydrogen (secondary N) is 1. The summed E-state index contributed by atoms with van der Waals surface area (Å²) in [4.78, 5) is 41.9. The molecule has 1 N–H and O–H groups in total. The molecular weight excluding hydrogens is 358 g/mol. The van der Waals surface area contributed by atoms with Crippen molar-refractivity contribution < 1.29 is 19.1 Å². The van der Waals surface area contributed by atoms with Gasteiger partial charge in [0.15, 0.2) is 0 Å². The Bertz CT molecular complexity index is 890. The monoisotopic (exact) mass is 381 g/mol. The summed E-state index contributed by atoms with van der Waals surface area (Å²) in [5.41, 5.74) is 2.57. The van der Waals surface area contributed by atoms with Crippen LogP contribution in [0.25, 0.3) is 6.08 Å². The molecule has 1 fully saturated rings. The topological polar surface area (TPSA) is 88.6 Å². The van der Waals surface area contributed by atoms with Crippen molar-refractivity contribution in [2.24, 2.45) is 11.8 Å². The van der Waals surface area contributed by atoms with Gasteiger partial charge in [0.1, 0.15) is 5.82 Å². The van der Waals surface area contributed by atoms with Crippen molar-refractivity contribution in [3.8, 4) is 0 Å². The van der Waals surface area contributed by atoms with E-state index in [1.54, 1.807) is 25.3 Å². The molecule has 0 saturated carbocycles. The second kappa shape index (κ2) is 7.58. The highest BCUT2D eigenvalue weighted by Crippen LogP contribution is 2.37. The molecule has 1 aromatic rings. The zero-order chi connectivity index (χ0) is 19.7. The number of fused-ring (bicyclic) bond motifs is 2. The van der Waals surface area contributed by atoms with Gasteiger partial charge in [-0.15, -0.1) is 0 Å². The van der Waals surface area contributed by atoms with Crippen LogP contribution < -0.4 is 5.32 Å². The van der Waals surface area contributed by atoms with E-state index in [1.807, 2.05) is 17.0 Å². The van der Waals surface area contributed by atoms with Gasteiger partial charge in [-0.2, -0.15) is 0 Å². The predicted octanol–water partition coefficient (Wildman–Crippen LogP) is 1.95. The molecule has 0 radical (unpaired) electrons. The first-order valence-corrected chi connectivity index (χ1v) is 9.67. The van der Waals surface area contributed by atoms with Crippen LogP contribution in [0.4, 0.5) is 5.82 Å². The second-order valence-electron chi connectivity index (χ2n) is 7.44. The van der Waals surface area contributed by atoms with Gasteiger partial charge in [0.05, 0.1) is 6.61 Å². The van der Waals surface area contributed by atoms with Gasteiger partial charge < -0.3 is 15.0 Å². The van der Waals surface area contributed by atoms with Gasteiger partial charge in [-0.3, -0.25) is 9.59 Å². The quantitative estimate of drug-likeness (QED) is 0.636. The maximum Gasteiger partial charge on any atom is 0.333 e. The van der Waals surface area contributed by atoms with Crippen LogP contribution in [0, 0.1) is 11.8 Å². The van der Waals surface area contributed by atoms with E-state index in [2.05, 4.69) is 10.3 Å². The van der Waals surface area contributed by atoms with Crippen LogP contribution >= 0.6 is 0 Å². The van der Waals surface area contributed by atoms with Crippen LogP contribution in [0.1, 0.15) is 30.9 Å². The van der Waals surface area contributed by atoms with Crippen molar-refractivity contribution in [1.82, 2.24) is 9.88 Å². The number of hydrogen-bond donors (Lipinski definition) is 1. The Balaban J connectivity index is 1.37. The molecule has 2 amide bonds. The zero-order valence-corrected chi connectivity index (χ0v) is 15.8. The Morgan fingerprint density at radius 3 is 3.00 bits per heavy atom. The third-order valence-corrected chi connectivity index (χ3v) is 5.52. The smallest absolute Gasteiger partial charge is 0.333 e. The number of anilines is 1. The number of hydrogen-bond acceptors (Lipinski definition) is 5. The lowest BCUT2D eigenvalue weighted by atomic mass is 10.00. The maximum absolute atomic E-state index is 12.5. The number of carbonyl (C=O) groups is 3. The van der Waals surface area contributed by atoms with Crippen LogP contribution in [0.2, 0.25) is 0 Å². The van der Waals surface area contributed by atoms with E-state index in [0.717, 1.165) is 16.7 Å². The van der Waals surface area contributed by atoms with Crippen molar-refractivity contribution in [2.75, 3.05) is 25.0 Å². The second-order valence-corrected chi connectivity index (χ2v) is 7.44. The van der Waals surface area contributed by atoms with Crippen molar-refractivity contribution in [3.05, 3.63) is 41.1 Å². The maximum atomic E-state index is 12.5. The molecule has 7 heteroatoms. The van der Waals surface area contributed by atoms with Gasteiger partial charge in [0.25, 0.3) is 0 Å². The van der Waals surface area contributed by atoms with Crippen LogP contribution in [0.15, 0.2) is 30.0 Å². The van der Waals surface area contributed by atoms with Crippen molar-refractivity contribution in [1.29, 1.82) is 0 Å². The number of carbonyl (C=O) groups excluding carboxylic acids is 3. The fraction of sp³-hybridized carbons (Fsp3) is 0.429. The minimum atomic E-state index is -0.231. The van der Waals surface area contributed by atoms with Gasteiger partial charge in [0.2, 0.25) is 11.8 Å². The molecule has 7 nitrogen and oxygen atoms in total. The number of aromatic nitrogens is 1. The predicted molar refractivity (Wildman–Crippen MR) is 103 cm³/mol. The van der Waals surface area contributed by atoms with Gasteiger partial charge >= 0.3 is 5.97 Å². The molecule has 1 aliphatic carbocycles. The molecule has 2 unspecified atom stereocenters.